The third-order valence-corrected chi connectivity index (χ3v) is 6.97. The molecular formula is C24H37N3O3. The monoisotopic (exact) mass is 415 g/mol. The predicted molar refractivity (Wildman–Crippen MR) is 118 cm³/mol. The number of nitrogens with zero attached hydrogens (tertiary/aromatic N) is 3. The molecule has 0 saturated carbocycles. The molecule has 1 aromatic carbocycles. The standard InChI is InChI=1S/C24H37N3O3/c1-3-25(19(2)16-21-4-5-23-22(17-21)8-13-30-23)18-20-6-9-26(10-7-20)24(28)27-11-14-29-15-12-27/h4-5,17,19-20H,3,6-16,18H2,1-2H3. The number of urea groups is 1. The van der Waals surface area contributed by atoms with Gasteiger partial charge in [-0.2, -0.15) is 0 Å². The number of fused-ring (bicyclic) bond motifs is 1. The molecule has 0 N–H and O–H groups in total. The Labute approximate surface area is 181 Å². The number of hydrogen-bond donors (Lipinski definition) is 0. The van der Waals surface area contributed by atoms with E-state index >= 15 is 0 Å². The summed E-state index contributed by atoms with van der Waals surface area (Å²) in [7, 11) is 0. The molecule has 0 spiro atoms. The molecule has 1 atom stereocenters. The van der Waals surface area contributed by atoms with Gasteiger partial charge in [-0.3, -0.25) is 0 Å². The van der Waals surface area contributed by atoms with Gasteiger partial charge in [0.1, 0.15) is 5.75 Å². The van der Waals surface area contributed by atoms with Crippen LogP contribution in [-0.4, -0.2) is 85.9 Å². The first-order valence-electron chi connectivity index (χ1n) is 11.7. The molecule has 0 radical (unpaired) electrons. The van der Waals surface area contributed by atoms with Crippen LogP contribution in [0.15, 0.2) is 18.2 Å². The van der Waals surface area contributed by atoms with Crippen molar-refractivity contribution in [2.75, 3.05) is 59.1 Å². The average Bonchev–Trinajstić information content (AvgIpc) is 3.26. The fourth-order valence-electron chi connectivity index (χ4n) is 5.05. The van der Waals surface area contributed by atoms with E-state index in [2.05, 4.69) is 36.9 Å². The van der Waals surface area contributed by atoms with Crippen LogP contribution in [0.4, 0.5) is 4.79 Å². The Morgan fingerprint density at radius 3 is 2.60 bits per heavy atom. The minimum absolute atomic E-state index is 0.207. The second-order valence-electron chi connectivity index (χ2n) is 8.99. The third kappa shape index (κ3) is 5.09. The van der Waals surface area contributed by atoms with Gasteiger partial charge in [-0.15, -0.1) is 0 Å². The number of morpholine rings is 1. The molecule has 166 valence electrons. The molecule has 0 aromatic heterocycles. The van der Waals surface area contributed by atoms with Crippen molar-refractivity contribution in [3.05, 3.63) is 29.3 Å². The number of piperidine rings is 1. The van der Waals surface area contributed by atoms with Crippen LogP contribution in [-0.2, 0) is 17.6 Å². The molecule has 0 aliphatic carbocycles. The van der Waals surface area contributed by atoms with Crippen molar-refractivity contribution < 1.29 is 14.3 Å². The van der Waals surface area contributed by atoms with Crippen LogP contribution in [0.1, 0.15) is 37.8 Å². The summed E-state index contributed by atoms with van der Waals surface area (Å²) in [5.41, 5.74) is 2.77. The fourth-order valence-corrected chi connectivity index (χ4v) is 5.05. The van der Waals surface area contributed by atoms with E-state index in [0.717, 1.165) is 77.3 Å². The van der Waals surface area contributed by atoms with Gasteiger partial charge in [0.25, 0.3) is 0 Å². The summed E-state index contributed by atoms with van der Waals surface area (Å²) >= 11 is 0. The van der Waals surface area contributed by atoms with Crippen LogP contribution < -0.4 is 4.74 Å². The molecule has 6 heteroatoms. The van der Waals surface area contributed by atoms with Crippen molar-refractivity contribution in [1.82, 2.24) is 14.7 Å². The lowest BCUT2D eigenvalue weighted by molar-refractivity contribution is 0.0387. The molecule has 0 bridgehead atoms. The largest absolute Gasteiger partial charge is 0.493 e. The van der Waals surface area contributed by atoms with Gasteiger partial charge in [-0.05, 0) is 55.8 Å². The first-order valence-corrected chi connectivity index (χ1v) is 11.7. The number of amides is 2. The summed E-state index contributed by atoms with van der Waals surface area (Å²) in [5, 5.41) is 0. The Bertz CT molecular complexity index is 712. The molecule has 6 nitrogen and oxygen atoms in total. The highest BCUT2D eigenvalue weighted by Crippen LogP contribution is 2.27. The van der Waals surface area contributed by atoms with Crippen molar-refractivity contribution in [2.45, 2.75) is 45.6 Å². The maximum absolute atomic E-state index is 12.7. The molecule has 2 saturated heterocycles. The zero-order chi connectivity index (χ0) is 20.9. The molecule has 1 aromatic rings. The van der Waals surface area contributed by atoms with Gasteiger partial charge in [0.05, 0.1) is 19.8 Å². The van der Waals surface area contributed by atoms with E-state index in [1.165, 1.54) is 11.1 Å². The van der Waals surface area contributed by atoms with Crippen LogP contribution in [0.25, 0.3) is 0 Å². The normalized spacial score (nSPS) is 20.9. The fraction of sp³-hybridized carbons (Fsp3) is 0.708. The summed E-state index contributed by atoms with van der Waals surface area (Å²) < 4.78 is 11.0. The minimum atomic E-state index is 0.207. The van der Waals surface area contributed by atoms with Crippen molar-refractivity contribution in [1.29, 1.82) is 0 Å². The molecular weight excluding hydrogens is 378 g/mol. The number of likely N-dealkylation sites (tertiary alicyclic amines) is 1. The lowest BCUT2D eigenvalue weighted by atomic mass is 9.95. The van der Waals surface area contributed by atoms with Crippen LogP contribution in [0.5, 0.6) is 5.75 Å². The number of carbonyl (C=O) groups excluding carboxylic acids is 1. The number of rotatable bonds is 6. The molecule has 1 unspecified atom stereocenters. The maximum atomic E-state index is 12.7. The molecule has 2 amide bonds. The predicted octanol–water partition coefficient (Wildman–Crippen LogP) is 3.04. The van der Waals surface area contributed by atoms with E-state index < -0.39 is 0 Å². The van der Waals surface area contributed by atoms with E-state index in [-0.39, 0.29) is 6.03 Å². The number of ether oxygens (including phenoxy) is 2. The van der Waals surface area contributed by atoms with E-state index in [0.29, 0.717) is 25.2 Å². The lowest BCUT2D eigenvalue weighted by Gasteiger charge is -2.39. The minimum Gasteiger partial charge on any atom is -0.493 e. The smallest absolute Gasteiger partial charge is 0.320 e. The van der Waals surface area contributed by atoms with Crippen LogP contribution >= 0.6 is 0 Å². The van der Waals surface area contributed by atoms with E-state index in [1.807, 2.05) is 9.80 Å². The molecule has 3 heterocycles. The number of likely N-dealkylation sites (N-methyl/N-ethyl adjacent to an activating group) is 1. The quantitative estimate of drug-likeness (QED) is 0.716. The van der Waals surface area contributed by atoms with Crippen LogP contribution in [0.3, 0.4) is 0 Å². The van der Waals surface area contributed by atoms with Crippen molar-refractivity contribution in [3.63, 3.8) is 0 Å². The van der Waals surface area contributed by atoms with Gasteiger partial charge in [0.2, 0.25) is 0 Å². The number of benzene rings is 1. The molecule has 30 heavy (non-hydrogen) atoms. The highest BCUT2D eigenvalue weighted by molar-refractivity contribution is 5.74. The van der Waals surface area contributed by atoms with E-state index in [1.54, 1.807) is 0 Å². The number of carbonyl (C=O) groups is 1. The number of hydrogen-bond acceptors (Lipinski definition) is 4. The van der Waals surface area contributed by atoms with Crippen molar-refractivity contribution >= 4 is 6.03 Å². The first kappa shape index (κ1) is 21.4. The van der Waals surface area contributed by atoms with Crippen LogP contribution in [0.2, 0.25) is 0 Å². The second kappa shape index (κ2) is 10.0. The summed E-state index contributed by atoms with van der Waals surface area (Å²) in [6.07, 6.45) is 4.33. The van der Waals surface area contributed by atoms with Crippen LogP contribution in [0, 0.1) is 5.92 Å². The Morgan fingerprint density at radius 1 is 1.13 bits per heavy atom. The zero-order valence-corrected chi connectivity index (χ0v) is 18.6. The zero-order valence-electron chi connectivity index (χ0n) is 18.6. The van der Waals surface area contributed by atoms with Gasteiger partial charge >= 0.3 is 6.03 Å². The summed E-state index contributed by atoms with van der Waals surface area (Å²) in [6, 6.07) is 7.43. The molecule has 3 aliphatic heterocycles. The Balaban J connectivity index is 1.25. The van der Waals surface area contributed by atoms with Gasteiger partial charge in [0.15, 0.2) is 0 Å². The first-order chi connectivity index (χ1) is 14.6. The van der Waals surface area contributed by atoms with Crippen molar-refractivity contribution in [2.24, 2.45) is 5.92 Å². The maximum Gasteiger partial charge on any atom is 0.320 e. The summed E-state index contributed by atoms with van der Waals surface area (Å²) in [4.78, 5) is 19.3. The average molecular weight is 416 g/mol. The Morgan fingerprint density at radius 2 is 1.87 bits per heavy atom. The Kier molecular flexibility index (Phi) is 7.16. The topological polar surface area (TPSA) is 45.2 Å². The van der Waals surface area contributed by atoms with Gasteiger partial charge in [0, 0.05) is 45.2 Å². The third-order valence-electron chi connectivity index (χ3n) is 6.97. The van der Waals surface area contributed by atoms with Gasteiger partial charge in [-0.25, -0.2) is 4.79 Å². The van der Waals surface area contributed by atoms with E-state index in [4.69, 9.17) is 9.47 Å². The summed E-state index contributed by atoms with van der Waals surface area (Å²) in [6.45, 7) is 12.2. The molecule has 4 rings (SSSR count). The van der Waals surface area contributed by atoms with E-state index in [9.17, 15) is 4.79 Å². The second-order valence-corrected chi connectivity index (χ2v) is 8.99. The molecule has 2 fully saturated rings. The van der Waals surface area contributed by atoms with Crippen molar-refractivity contribution in [3.8, 4) is 5.75 Å². The Hall–Kier alpha value is -1.79. The summed E-state index contributed by atoms with van der Waals surface area (Å²) in [5.74, 6) is 1.74. The molecule has 3 aliphatic rings. The SMILES string of the molecule is CCN(CC1CCN(C(=O)N2CCOCC2)CC1)C(C)Cc1ccc2c(c1)CCO2. The van der Waals surface area contributed by atoms with Gasteiger partial charge in [-0.1, -0.05) is 19.1 Å². The highest BCUT2D eigenvalue weighted by atomic mass is 16.5. The lowest BCUT2D eigenvalue weighted by Crippen LogP contribution is -2.51. The highest BCUT2D eigenvalue weighted by Gasteiger charge is 2.28. The van der Waals surface area contributed by atoms with Gasteiger partial charge < -0.3 is 24.2 Å².